The van der Waals surface area contributed by atoms with Crippen LogP contribution in [-0.4, -0.2) is 35.9 Å². The summed E-state index contributed by atoms with van der Waals surface area (Å²) in [4.78, 5) is 27.7. The number of halogens is 1. The molecule has 0 aliphatic heterocycles. The highest BCUT2D eigenvalue weighted by molar-refractivity contribution is 6.31. The third-order valence-corrected chi connectivity index (χ3v) is 5.58. The second-order valence-corrected chi connectivity index (χ2v) is 8.15. The van der Waals surface area contributed by atoms with Crippen molar-refractivity contribution in [3.8, 4) is 5.75 Å². The van der Waals surface area contributed by atoms with Gasteiger partial charge < -0.3 is 15.0 Å². The molecule has 0 saturated carbocycles. The van der Waals surface area contributed by atoms with E-state index in [4.69, 9.17) is 16.3 Å². The molecule has 0 heterocycles. The van der Waals surface area contributed by atoms with Crippen LogP contribution in [0.2, 0.25) is 5.02 Å². The highest BCUT2D eigenvalue weighted by atomic mass is 35.5. The molecule has 6 heteroatoms. The number of carbonyl (C=O) groups is 2. The van der Waals surface area contributed by atoms with Gasteiger partial charge in [0.25, 0.3) is 5.91 Å². The Morgan fingerprint density at radius 3 is 2.55 bits per heavy atom. The Labute approximate surface area is 190 Å². The molecule has 0 radical (unpaired) electrons. The number of hydrogen-bond acceptors (Lipinski definition) is 3. The lowest BCUT2D eigenvalue weighted by molar-refractivity contribution is -0.143. The smallest absolute Gasteiger partial charge is 0.261 e. The summed E-state index contributed by atoms with van der Waals surface area (Å²) in [6.07, 6.45) is 2.39. The maximum absolute atomic E-state index is 13.2. The fraction of sp³-hybridized carbons (Fsp3) is 0.440. The number of carbonyl (C=O) groups excluding carboxylic acids is 2. The molecule has 1 N–H and O–H groups in total. The fourth-order valence-electron chi connectivity index (χ4n) is 3.32. The molecule has 0 aliphatic rings. The Kier molecular flexibility index (Phi) is 9.86. The maximum atomic E-state index is 13.2. The molecule has 0 aliphatic carbocycles. The van der Waals surface area contributed by atoms with Crippen molar-refractivity contribution in [3.05, 3.63) is 64.2 Å². The van der Waals surface area contributed by atoms with Gasteiger partial charge in [-0.1, -0.05) is 62.2 Å². The number of hydrogen-bond donors (Lipinski definition) is 1. The third-order valence-electron chi connectivity index (χ3n) is 5.21. The van der Waals surface area contributed by atoms with Gasteiger partial charge in [0.1, 0.15) is 11.8 Å². The summed E-state index contributed by atoms with van der Waals surface area (Å²) in [5, 5.41) is 3.52. The average Bonchev–Trinajstić information content (AvgIpc) is 2.75. The lowest BCUT2D eigenvalue weighted by Gasteiger charge is -2.31. The number of rotatable bonds is 11. The Balaban J connectivity index is 2.22. The van der Waals surface area contributed by atoms with E-state index in [2.05, 4.69) is 12.2 Å². The first-order valence-electron chi connectivity index (χ1n) is 10.9. The zero-order valence-corrected chi connectivity index (χ0v) is 19.7. The number of unbranched alkanes of at least 4 members (excludes halogenated alkanes) is 1. The third kappa shape index (κ3) is 7.28. The molecule has 2 amide bonds. The van der Waals surface area contributed by atoms with Crippen molar-refractivity contribution in [2.75, 3.05) is 13.2 Å². The van der Waals surface area contributed by atoms with Crippen molar-refractivity contribution in [3.63, 3.8) is 0 Å². The minimum Gasteiger partial charge on any atom is -0.483 e. The molecule has 2 rings (SSSR count). The van der Waals surface area contributed by atoms with Crippen LogP contribution >= 0.6 is 11.6 Å². The van der Waals surface area contributed by atoms with E-state index < -0.39 is 6.04 Å². The van der Waals surface area contributed by atoms with Crippen LogP contribution in [0.1, 0.15) is 49.8 Å². The molecule has 0 bridgehead atoms. The fourth-order valence-corrected chi connectivity index (χ4v) is 3.52. The van der Waals surface area contributed by atoms with Gasteiger partial charge in [-0.15, -0.1) is 0 Å². The van der Waals surface area contributed by atoms with Crippen LogP contribution in [0.5, 0.6) is 5.75 Å². The predicted octanol–water partition coefficient (Wildman–Crippen LogP) is 5.06. The summed E-state index contributed by atoms with van der Waals surface area (Å²) in [5.41, 5.74) is 2.81. The van der Waals surface area contributed by atoms with Gasteiger partial charge in [-0.25, -0.2) is 0 Å². The molecule has 2 aromatic carbocycles. The molecule has 5 nitrogen and oxygen atoms in total. The molecule has 168 valence electrons. The Hall–Kier alpha value is -2.53. The van der Waals surface area contributed by atoms with E-state index in [1.807, 2.05) is 57.2 Å². The van der Waals surface area contributed by atoms with Crippen LogP contribution in [-0.2, 0) is 16.1 Å². The minimum atomic E-state index is -0.595. The van der Waals surface area contributed by atoms with Crippen LogP contribution in [0.4, 0.5) is 0 Å². The molecular weight excluding hydrogens is 412 g/mol. The van der Waals surface area contributed by atoms with Crippen molar-refractivity contribution in [2.45, 2.75) is 59.5 Å². The second kappa shape index (κ2) is 12.4. The lowest BCUT2D eigenvalue weighted by Crippen LogP contribution is -2.50. The predicted molar refractivity (Wildman–Crippen MR) is 125 cm³/mol. The Bertz CT molecular complexity index is 885. The van der Waals surface area contributed by atoms with Crippen molar-refractivity contribution in [1.29, 1.82) is 0 Å². The SMILES string of the molecule is CCCCNC(=O)[C@H](CC)N(Cc1ccccc1Cl)C(=O)COc1cc(C)ccc1C. The first-order valence-corrected chi connectivity index (χ1v) is 11.3. The molecule has 0 saturated heterocycles. The first-order chi connectivity index (χ1) is 14.9. The van der Waals surface area contributed by atoms with Crippen molar-refractivity contribution >= 4 is 23.4 Å². The Morgan fingerprint density at radius 1 is 1.13 bits per heavy atom. The zero-order valence-electron chi connectivity index (χ0n) is 18.9. The minimum absolute atomic E-state index is 0.145. The molecule has 2 aromatic rings. The highest BCUT2D eigenvalue weighted by Crippen LogP contribution is 2.22. The van der Waals surface area contributed by atoms with Gasteiger partial charge in [-0.2, -0.15) is 0 Å². The van der Waals surface area contributed by atoms with Crippen LogP contribution in [0.25, 0.3) is 0 Å². The standard InChI is InChI=1S/C25H33ClN2O3/c1-5-7-14-27-25(30)22(6-2)28(16-20-10-8-9-11-21(20)26)24(29)17-31-23-15-18(3)12-13-19(23)4/h8-13,15,22H,5-7,14,16-17H2,1-4H3,(H,27,30)/t22-/m0/s1. The normalized spacial score (nSPS) is 11.6. The largest absolute Gasteiger partial charge is 0.483 e. The molecule has 1 atom stereocenters. The maximum Gasteiger partial charge on any atom is 0.261 e. The van der Waals surface area contributed by atoms with Crippen molar-refractivity contribution < 1.29 is 14.3 Å². The van der Waals surface area contributed by atoms with Gasteiger partial charge in [-0.05, 0) is 55.5 Å². The zero-order chi connectivity index (χ0) is 22.8. The highest BCUT2D eigenvalue weighted by Gasteiger charge is 2.29. The summed E-state index contributed by atoms with van der Waals surface area (Å²) < 4.78 is 5.85. The quantitative estimate of drug-likeness (QED) is 0.493. The monoisotopic (exact) mass is 444 g/mol. The van der Waals surface area contributed by atoms with Gasteiger partial charge in [0, 0.05) is 18.1 Å². The average molecular weight is 445 g/mol. The summed E-state index contributed by atoms with van der Waals surface area (Å²) >= 11 is 6.34. The van der Waals surface area contributed by atoms with E-state index >= 15 is 0 Å². The van der Waals surface area contributed by atoms with Crippen LogP contribution in [0.15, 0.2) is 42.5 Å². The summed E-state index contributed by atoms with van der Waals surface area (Å²) in [7, 11) is 0. The summed E-state index contributed by atoms with van der Waals surface area (Å²) in [6, 6.07) is 12.7. The van der Waals surface area contributed by atoms with E-state index in [-0.39, 0.29) is 25.0 Å². The van der Waals surface area contributed by atoms with E-state index in [1.54, 1.807) is 11.0 Å². The number of benzene rings is 2. The van der Waals surface area contributed by atoms with Crippen LogP contribution in [0.3, 0.4) is 0 Å². The van der Waals surface area contributed by atoms with Gasteiger partial charge in [0.05, 0.1) is 0 Å². The number of nitrogens with zero attached hydrogens (tertiary/aromatic N) is 1. The van der Waals surface area contributed by atoms with Gasteiger partial charge in [0.15, 0.2) is 6.61 Å². The number of amides is 2. The second-order valence-electron chi connectivity index (χ2n) is 7.74. The van der Waals surface area contributed by atoms with Crippen LogP contribution < -0.4 is 10.1 Å². The van der Waals surface area contributed by atoms with E-state index in [0.717, 1.165) is 29.5 Å². The summed E-state index contributed by atoms with van der Waals surface area (Å²) in [6.45, 7) is 8.59. The van der Waals surface area contributed by atoms with Gasteiger partial charge in [0.2, 0.25) is 5.91 Å². The molecule has 0 spiro atoms. The summed E-state index contributed by atoms with van der Waals surface area (Å²) in [5.74, 6) is 0.271. The number of nitrogens with one attached hydrogen (secondary N) is 1. The van der Waals surface area contributed by atoms with E-state index in [9.17, 15) is 9.59 Å². The Morgan fingerprint density at radius 2 is 1.87 bits per heavy atom. The van der Waals surface area contributed by atoms with E-state index in [0.29, 0.717) is 23.7 Å². The van der Waals surface area contributed by atoms with E-state index in [1.165, 1.54) is 0 Å². The number of aryl methyl sites for hydroxylation is 2. The van der Waals surface area contributed by atoms with Crippen molar-refractivity contribution in [2.24, 2.45) is 0 Å². The molecule has 31 heavy (non-hydrogen) atoms. The first kappa shape index (κ1) is 24.7. The number of ether oxygens (including phenoxy) is 1. The van der Waals surface area contributed by atoms with Crippen LogP contribution in [0, 0.1) is 13.8 Å². The molecule has 0 fully saturated rings. The lowest BCUT2D eigenvalue weighted by atomic mass is 10.1. The van der Waals surface area contributed by atoms with Gasteiger partial charge in [-0.3, -0.25) is 9.59 Å². The van der Waals surface area contributed by atoms with Gasteiger partial charge >= 0.3 is 0 Å². The molecular formula is C25H33ClN2O3. The molecule has 0 unspecified atom stereocenters. The topological polar surface area (TPSA) is 58.6 Å². The van der Waals surface area contributed by atoms with Crippen molar-refractivity contribution in [1.82, 2.24) is 10.2 Å². The molecule has 0 aromatic heterocycles.